The molecule has 0 aliphatic carbocycles. The van der Waals surface area contributed by atoms with Crippen molar-refractivity contribution in [3.63, 3.8) is 0 Å². The monoisotopic (exact) mass is 544 g/mol. The quantitative estimate of drug-likeness (QED) is 0.530. The number of hydrogen-bond acceptors (Lipinski definition) is 6. The number of likely N-dealkylation sites (tertiary alicyclic amines) is 1. The smallest absolute Gasteiger partial charge is 0.410 e. The predicted molar refractivity (Wildman–Crippen MR) is 149 cm³/mol. The van der Waals surface area contributed by atoms with Crippen molar-refractivity contribution in [2.24, 2.45) is 0 Å². The minimum atomic E-state index is -0.535. The molecule has 1 aromatic carbocycles. The Balaban J connectivity index is 1.45. The van der Waals surface area contributed by atoms with Crippen LogP contribution in [0.5, 0.6) is 0 Å². The number of piperidine rings is 1. The highest BCUT2D eigenvalue weighted by atomic mass is 35.5. The SMILES string of the molecule is CN1CCN(CCCNC(=O)c2cnn(-c3ccccc3Cl)c2C2CCN(C(=O)OC(C)(C)C)CC2)CC1. The Labute approximate surface area is 231 Å². The van der Waals surface area contributed by atoms with Crippen molar-refractivity contribution in [2.45, 2.75) is 51.6 Å². The summed E-state index contributed by atoms with van der Waals surface area (Å²) in [7, 11) is 2.15. The molecule has 1 N–H and O–H groups in total. The number of nitrogens with zero attached hydrogens (tertiary/aromatic N) is 5. The molecule has 38 heavy (non-hydrogen) atoms. The second kappa shape index (κ2) is 12.5. The molecule has 2 fully saturated rings. The molecule has 0 atom stereocenters. The zero-order chi connectivity index (χ0) is 27.3. The van der Waals surface area contributed by atoms with E-state index in [0.717, 1.165) is 50.5 Å². The topological polar surface area (TPSA) is 82.9 Å². The lowest BCUT2D eigenvalue weighted by Gasteiger charge is -2.34. The van der Waals surface area contributed by atoms with Crippen LogP contribution in [0.2, 0.25) is 5.02 Å². The fourth-order valence-electron chi connectivity index (χ4n) is 5.07. The molecular weight excluding hydrogens is 504 g/mol. The molecule has 2 amide bonds. The fourth-order valence-corrected chi connectivity index (χ4v) is 5.29. The second-order valence-electron chi connectivity index (χ2n) is 11.3. The Bertz CT molecular complexity index is 1100. The van der Waals surface area contributed by atoms with Gasteiger partial charge in [-0.25, -0.2) is 9.48 Å². The van der Waals surface area contributed by atoms with Gasteiger partial charge < -0.3 is 24.8 Å². The summed E-state index contributed by atoms with van der Waals surface area (Å²) in [6.45, 7) is 12.6. The number of carbonyl (C=O) groups is 2. The maximum absolute atomic E-state index is 13.4. The Hall–Kier alpha value is -2.62. The molecule has 0 radical (unpaired) electrons. The highest BCUT2D eigenvalue weighted by Crippen LogP contribution is 2.34. The highest BCUT2D eigenvalue weighted by molar-refractivity contribution is 6.32. The van der Waals surface area contributed by atoms with Crippen molar-refractivity contribution in [1.29, 1.82) is 0 Å². The van der Waals surface area contributed by atoms with Crippen LogP contribution in [0.3, 0.4) is 0 Å². The van der Waals surface area contributed by atoms with Gasteiger partial charge in [-0.1, -0.05) is 23.7 Å². The Morgan fingerprint density at radius 2 is 1.76 bits per heavy atom. The van der Waals surface area contributed by atoms with E-state index in [1.807, 2.05) is 45.0 Å². The second-order valence-corrected chi connectivity index (χ2v) is 11.7. The third-order valence-electron chi connectivity index (χ3n) is 7.20. The zero-order valence-electron chi connectivity index (χ0n) is 23.1. The van der Waals surface area contributed by atoms with Crippen LogP contribution in [0.4, 0.5) is 4.79 Å². The summed E-state index contributed by atoms with van der Waals surface area (Å²) in [5.74, 6) is -0.0650. The summed E-state index contributed by atoms with van der Waals surface area (Å²) in [5, 5.41) is 8.29. The van der Waals surface area contributed by atoms with Crippen LogP contribution in [0, 0.1) is 0 Å². The number of rotatable bonds is 7. The first-order valence-corrected chi connectivity index (χ1v) is 14.0. The number of benzene rings is 1. The molecule has 10 heteroatoms. The molecule has 2 aromatic rings. The Morgan fingerprint density at radius 1 is 1.08 bits per heavy atom. The van der Waals surface area contributed by atoms with E-state index < -0.39 is 5.60 Å². The van der Waals surface area contributed by atoms with Crippen LogP contribution < -0.4 is 5.32 Å². The lowest BCUT2D eigenvalue weighted by atomic mass is 9.91. The van der Waals surface area contributed by atoms with Gasteiger partial charge in [0, 0.05) is 51.7 Å². The number of hydrogen-bond donors (Lipinski definition) is 1. The van der Waals surface area contributed by atoms with Crippen LogP contribution >= 0.6 is 11.6 Å². The number of aromatic nitrogens is 2. The molecule has 0 spiro atoms. The first-order valence-electron chi connectivity index (χ1n) is 13.6. The maximum atomic E-state index is 13.4. The molecule has 2 saturated heterocycles. The minimum absolute atomic E-state index is 0.0542. The van der Waals surface area contributed by atoms with Gasteiger partial charge in [-0.05, 0) is 65.8 Å². The third-order valence-corrected chi connectivity index (χ3v) is 7.52. The number of piperazine rings is 1. The lowest BCUT2D eigenvalue weighted by molar-refractivity contribution is 0.0203. The van der Waals surface area contributed by atoms with Gasteiger partial charge in [-0.2, -0.15) is 5.10 Å². The van der Waals surface area contributed by atoms with E-state index in [1.165, 1.54) is 0 Å². The van der Waals surface area contributed by atoms with Gasteiger partial charge in [0.25, 0.3) is 5.91 Å². The number of amides is 2. The normalized spacial score (nSPS) is 18.0. The van der Waals surface area contributed by atoms with Gasteiger partial charge in [0.05, 0.1) is 28.2 Å². The van der Waals surface area contributed by atoms with Crippen molar-refractivity contribution in [2.75, 3.05) is 59.4 Å². The minimum Gasteiger partial charge on any atom is -0.444 e. The molecule has 208 valence electrons. The van der Waals surface area contributed by atoms with Crippen LogP contribution in [0.25, 0.3) is 5.69 Å². The summed E-state index contributed by atoms with van der Waals surface area (Å²) in [5.41, 5.74) is 1.62. The average molecular weight is 545 g/mol. The molecule has 0 bridgehead atoms. The van der Waals surface area contributed by atoms with Crippen LogP contribution in [0.1, 0.15) is 62.0 Å². The van der Waals surface area contributed by atoms with Gasteiger partial charge in [-0.3, -0.25) is 4.79 Å². The summed E-state index contributed by atoms with van der Waals surface area (Å²) < 4.78 is 7.36. The number of halogens is 1. The van der Waals surface area contributed by atoms with Crippen molar-refractivity contribution >= 4 is 23.6 Å². The van der Waals surface area contributed by atoms with Crippen molar-refractivity contribution in [3.8, 4) is 5.69 Å². The fraction of sp³-hybridized carbons (Fsp3) is 0.607. The molecule has 0 unspecified atom stereocenters. The first-order chi connectivity index (χ1) is 18.1. The number of carbonyl (C=O) groups excluding carboxylic acids is 2. The van der Waals surface area contributed by atoms with Gasteiger partial charge in [0.1, 0.15) is 5.60 Å². The molecule has 1 aromatic heterocycles. The highest BCUT2D eigenvalue weighted by Gasteiger charge is 2.32. The van der Waals surface area contributed by atoms with E-state index in [4.69, 9.17) is 16.3 Å². The molecular formula is C28H41ClN6O3. The van der Waals surface area contributed by atoms with Gasteiger partial charge in [0.15, 0.2) is 0 Å². The van der Waals surface area contributed by atoms with Crippen molar-refractivity contribution in [3.05, 3.63) is 46.7 Å². The van der Waals surface area contributed by atoms with Crippen LogP contribution in [-0.2, 0) is 4.74 Å². The zero-order valence-corrected chi connectivity index (χ0v) is 23.8. The van der Waals surface area contributed by atoms with Gasteiger partial charge in [0.2, 0.25) is 0 Å². The molecule has 9 nitrogen and oxygen atoms in total. The van der Waals surface area contributed by atoms with E-state index in [2.05, 4.69) is 27.3 Å². The summed E-state index contributed by atoms with van der Waals surface area (Å²) in [6, 6.07) is 7.52. The van der Waals surface area contributed by atoms with E-state index >= 15 is 0 Å². The lowest BCUT2D eigenvalue weighted by Crippen LogP contribution is -2.45. The van der Waals surface area contributed by atoms with Crippen LogP contribution in [-0.4, -0.2) is 101 Å². The number of para-hydroxylation sites is 1. The van der Waals surface area contributed by atoms with E-state index in [9.17, 15) is 9.59 Å². The number of ether oxygens (including phenoxy) is 1. The summed E-state index contributed by atoms with van der Waals surface area (Å²) in [6.07, 6.45) is 3.67. The largest absolute Gasteiger partial charge is 0.444 e. The maximum Gasteiger partial charge on any atom is 0.410 e. The number of nitrogens with one attached hydrogen (secondary N) is 1. The van der Waals surface area contributed by atoms with Crippen molar-refractivity contribution in [1.82, 2.24) is 29.8 Å². The molecule has 2 aliphatic heterocycles. The Kier molecular flexibility index (Phi) is 9.33. The predicted octanol–water partition coefficient (Wildman–Crippen LogP) is 4.01. The standard InChI is InChI=1S/C28H41ClN6O3/c1-28(2,3)38-27(37)34-14-10-21(11-15-34)25-22(20-31-35(25)24-9-6-5-8-23(24)29)26(36)30-12-7-13-33-18-16-32(4)17-19-33/h5-6,8-9,20-21H,7,10-19H2,1-4H3,(H,30,36). The van der Waals surface area contributed by atoms with Crippen LogP contribution in [0.15, 0.2) is 30.5 Å². The summed E-state index contributed by atoms with van der Waals surface area (Å²) >= 11 is 6.53. The van der Waals surface area contributed by atoms with E-state index in [0.29, 0.717) is 43.1 Å². The third kappa shape index (κ3) is 7.27. The van der Waals surface area contributed by atoms with Gasteiger partial charge >= 0.3 is 6.09 Å². The van der Waals surface area contributed by atoms with E-state index in [1.54, 1.807) is 15.8 Å². The molecule has 4 rings (SSSR count). The Morgan fingerprint density at radius 3 is 2.42 bits per heavy atom. The van der Waals surface area contributed by atoms with E-state index in [-0.39, 0.29) is 17.9 Å². The van der Waals surface area contributed by atoms with Gasteiger partial charge in [-0.15, -0.1) is 0 Å². The number of likely N-dealkylation sites (N-methyl/N-ethyl adjacent to an activating group) is 1. The average Bonchev–Trinajstić information content (AvgIpc) is 3.32. The molecule has 2 aliphatic rings. The summed E-state index contributed by atoms with van der Waals surface area (Å²) in [4.78, 5) is 32.5. The molecule has 3 heterocycles. The first kappa shape index (κ1) is 28.4. The molecule has 0 saturated carbocycles. The van der Waals surface area contributed by atoms with Crippen molar-refractivity contribution < 1.29 is 14.3 Å².